The summed E-state index contributed by atoms with van der Waals surface area (Å²) in [4.78, 5) is 24.4. The van der Waals surface area contributed by atoms with Gasteiger partial charge in [0.05, 0.1) is 11.1 Å². The molecule has 1 aliphatic carbocycles. The number of amides is 1. The van der Waals surface area contributed by atoms with Crippen LogP contribution in [0, 0.1) is 0 Å². The first-order valence-electron chi connectivity index (χ1n) is 10.0. The van der Waals surface area contributed by atoms with Crippen LogP contribution >= 0.6 is 11.6 Å². The van der Waals surface area contributed by atoms with Gasteiger partial charge in [0, 0.05) is 42.6 Å². The molecule has 4 rings (SSSR count). The monoisotopic (exact) mass is 383 g/mol. The second kappa shape index (κ2) is 7.97. The van der Waals surface area contributed by atoms with Gasteiger partial charge in [0.25, 0.3) is 0 Å². The molecule has 1 saturated heterocycles. The van der Waals surface area contributed by atoms with Gasteiger partial charge in [0.15, 0.2) is 0 Å². The molecule has 0 radical (unpaired) electrons. The number of rotatable bonds is 3. The van der Waals surface area contributed by atoms with Crippen LogP contribution in [0.5, 0.6) is 0 Å². The number of hydrogen-bond acceptors (Lipinski definition) is 3. The van der Waals surface area contributed by atoms with Crippen molar-refractivity contribution < 1.29 is 4.79 Å². The van der Waals surface area contributed by atoms with E-state index in [0.717, 1.165) is 67.9 Å². The summed E-state index contributed by atoms with van der Waals surface area (Å²) in [6, 6.07) is 7.94. The minimum atomic E-state index is -0.373. The summed E-state index contributed by atoms with van der Waals surface area (Å²) in [6.45, 7) is 1.60. The number of likely N-dealkylation sites (tertiary alicyclic amines) is 1. The minimum Gasteiger partial charge on any atom is -0.342 e. The Morgan fingerprint density at radius 3 is 2.37 bits per heavy atom. The average Bonchev–Trinajstić information content (AvgIpc) is 2.75. The van der Waals surface area contributed by atoms with Crippen LogP contribution in [-0.2, 0) is 10.2 Å². The number of carbonyl (C=O) groups is 1. The number of halogens is 1. The highest BCUT2D eigenvalue weighted by Gasteiger charge is 2.44. The summed E-state index contributed by atoms with van der Waals surface area (Å²) in [5, 5.41) is 0.724. The van der Waals surface area contributed by atoms with Gasteiger partial charge in [0.2, 0.25) is 5.91 Å². The van der Waals surface area contributed by atoms with Gasteiger partial charge in [-0.05, 0) is 43.4 Å². The Labute approximate surface area is 166 Å². The Bertz CT molecular complexity index is 764. The zero-order chi connectivity index (χ0) is 18.7. The van der Waals surface area contributed by atoms with Gasteiger partial charge < -0.3 is 4.90 Å². The van der Waals surface area contributed by atoms with Crippen molar-refractivity contribution in [3.8, 4) is 0 Å². The van der Waals surface area contributed by atoms with Crippen molar-refractivity contribution in [3.63, 3.8) is 0 Å². The van der Waals surface area contributed by atoms with E-state index in [1.54, 1.807) is 12.4 Å². The van der Waals surface area contributed by atoms with Crippen LogP contribution in [0.1, 0.15) is 62.1 Å². The molecule has 0 bridgehead atoms. The number of benzene rings is 1. The molecule has 2 fully saturated rings. The molecular weight excluding hydrogens is 358 g/mol. The first kappa shape index (κ1) is 18.4. The maximum absolute atomic E-state index is 13.7. The molecule has 0 N–H and O–H groups in total. The molecule has 1 saturated carbocycles. The molecule has 0 unspecified atom stereocenters. The lowest BCUT2D eigenvalue weighted by Gasteiger charge is -2.42. The fourth-order valence-corrected chi connectivity index (χ4v) is 4.88. The summed E-state index contributed by atoms with van der Waals surface area (Å²) in [5.74, 6) is 0.711. The van der Waals surface area contributed by atoms with Gasteiger partial charge in [0.1, 0.15) is 0 Å². The molecule has 4 nitrogen and oxygen atoms in total. The van der Waals surface area contributed by atoms with E-state index in [9.17, 15) is 4.79 Å². The maximum atomic E-state index is 13.7. The molecule has 142 valence electrons. The zero-order valence-electron chi connectivity index (χ0n) is 15.6. The number of aromatic nitrogens is 2. The van der Waals surface area contributed by atoms with Gasteiger partial charge in [-0.2, -0.15) is 0 Å². The first-order chi connectivity index (χ1) is 13.2. The summed E-state index contributed by atoms with van der Waals surface area (Å²) >= 11 is 6.09. The van der Waals surface area contributed by atoms with Crippen molar-refractivity contribution in [2.45, 2.75) is 56.3 Å². The van der Waals surface area contributed by atoms with Crippen LogP contribution in [0.25, 0.3) is 0 Å². The first-order valence-corrected chi connectivity index (χ1v) is 10.4. The molecule has 2 aliphatic rings. The summed E-state index contributed by atoms with van der Waals surface area (Å²) < 4.78 is 0. The third kappa shape index (κ3) is 3.73. The van der Waals surface area contributed by atoms with Gasteiger partial charge in [-0.25, -0.2) is 0 Å². The highest BCUT2D eigenvalue weighted by molar-refractivity contribution is 6.30. The van der Waals surface area contributed by atoms with Crippen molar-refractivity contribution in [3.05, 3.63) is 59.1 Å². The molecule has 1 amide bonds. The predicted octanol–water partition coefficient (Wildman–Crippen LogP) is 4.74. The van der Waals surface area contributed by atoms with Gasteiger partial charge in [-0.1, -0.05) is 43.0 Å². The number of carbonyl (C=O) groups excluding carboxylic acids is 1. The second-order valence-corrected chi connectivity index (χ2v) is 8.28. The van der Waals surface area contributed by atoms with E-state index in [4.69, 9.17) is 11.6 Å². The minimum absolute atomic E-state index is 0.308. The molecule has 27 heavy (non-hydrogen) atoms. The molecule has 5 heteroatoms. The Kier molecular flexibility index (Phi) is 5.44. The standard InChI is InChI=1S/C22H26ClN3O/c23-19-6-4-18(5-7-19)22(10-2-1-3-11-22)21(27)26-14-8-17(9-15-26)20-16-24-12-13-25-20/h4-7,12-13,16-17H,1-3,8-11,14-15H2. The van der Waals surface area contributed by atoms with Gasteiger partial charge in [-0.15, -0.1) is 0 Å². The number of piperidine rings is 1. The van der Waals surface area contributed by atoms with E-state index in [1.807, 2.05) is 18.3 Å². The van der Waals surface area contributed by atoms with E-state index >= 15 is 0 Å². The van der Waals surface area contributed by atoms with Crippen molar-refractivity contribution in [1.29, 1.82) is 0 Å². The highest BCUT2D eigenvalue weighted by Crippen LogP contribution is 2.42. The average molecular weight is 384 g/mol. The molecule has 1 aromatic carbocycles. The molecule has 1 aliphatic heterocycles. The van der Waals surface area contributed by atoms with E-state index < -0.39 is 0 Å². The Balaban J connectivity index is 1.52. The van der Waals surface area contributed by atoms with Crippen LogP contribution in [0.15, 0.2) is 42.9 Å². The largest absolute Gasteiger partial charge is 0.342 e. The molecular formula is C22H26ClN3O. The molecule has 0 spiro atoms. The van der Waals surface area contributed by atoms with Crippen LogP contribution < -0.4 is 0 Å². The maximum Gasteiger partial charge on any atom is 0.233 e. The fourth-order valence-electron chi connectivity index (χ4n) is 4.75. The Morgan fingerprint density at radius 1 is 1.04 bits per heavy atom. The molecule has 1 aromatic heterocycles. The van der Waals surface area contributed by atoms with Gasteiger partial charge >= 0.3 is 0 Å². The molecule has 2 aromatic rings. The number of nitrogens with zero attached hydrogens (tertiary/aromatic N) is 3. The third-order valence-corrected chi connectivity index (χ3v) is 6.55. The third-order valence-electron chi connectivity index (χ3n) is 6.30. The van der Waals surface area contributed by atoms with Crippen molar-refractivity contribution in [2.24, 2.45) is 0 Å². The molecule has 0 atom stereocenters. The zero-order valence-corrected chi connectivity index (χ0v) is 16.4. The highest BCUT2D eigenvalue weighted by atomic mass is 35.5. The van der Waals surface area contributed by atoms with Crippen molar-refractivity contribution in [2.75, 3.05) is 13.1 Å². The van der Waals surface area contributed by atoms with E-state index in [-0.39, 0.29) is 5.41 Å². The lowest BCUT2D eigenvalue weighted by atomic mass is 9.68. The predicted molar refractivity (Wildman–Crippen MR) is 107 cm³/mol. The van der Waals surface area contributed by atoms with Crippen LogP contribution in [0.2, 0.25) is 5.02 Å². The van der Waals surface area contributed by atoms with Gasteiger partial charge in [-0.3, -0.25) is 14.8 Å². The Hall–Kier alpha value is -1.94. The second-order valence-electron chi connectivity index (χ2n) is 7.85. The summed E-state index contributed by atoms with van der Waals surface area (Å²) in [5.41, 5.74) is 1.81. The Morgan fingerprint density at radius 2 is 1.74 bits per heavy atom. The SMILES string of the molecule is O=C(N1CCC(c2cnccn2)CC1)C1(c2ccc(Cl)cc2)CCCCC1. The lowest BCUT2D eigenvalue weighted by molar-refractivity contribution is -0.140. The van der Waals surface area contributed by atoms with Crippen LogP contribution in [-0.4, -0.2) is 33.9 Å². The fraction of sp³-hybridized carbons (Fsp3) is 0.500. The molecule has 2 heterocycles. The summed E-state index contributed by atoms with van der Waals surface area (Å²) in [6.07, 6.45) is 12.6. The number of hydrogen-bond donors (Lipinski definition) is 0. The quantitative estimate of drug-likeness (QED) is 0.769. The normalized spacial score (nSPS) is 20.4. The smallest absolute Gasteiger partial charge is 0.233 e. The van der Waals surface area contributed by atoms with Crippen LogP contribution in [0.4, 0.5) is 0 Å². The summed E-state index contributed by atoms with van der Waals surface area (Å²) in [7, 11) is 0. The van der Waals surface area contributed by atoms with Crippen LogP contribution in [0.3, 0.4) is 0 Å². The topological polar surface area (TPSA) is 46.1 Å². The van der Waals surface area contributed by atoms with Crippen molar-refractivity contribution >= 4 is 17.5 Å². The van der Waals surface area contributed by atoms with Crippen molar-refractivity contribution in [1.82, 2.24) is 14.9 Å². The van der Waals surface area contributed by atoms with E-state index in [0.29, 0.717) is 11.8 Å². The lowest BCUT2D eigenvalue weighted by Crippen LogP contribution is -2.50. The van der Waals surface area contributed by atoms with E-state index in [2.05, 4.69) is 27.0 Å². The van der Waals surface area contributed by atoms with E-state index in [1.165, 1.54) is 6.42 Å².